The minimum absolute atomic E-state index is 0.199. The third-order valence-electron chi connectivity index (χ3n) is 3.34. The maximum absolute atomic E-state index is 13.1. The van der Waals surface area contributed by atoms with Gasteiger partial charge in [0.15, 0.2) is 0 Å². The highest BCUT2D eigenvalue weighted by Gasteiger charge is 2.36. The van der Waals surface area contributed by atoms with Gasteiger partial charge in [-0.05, 0) is 37.6 Å². The van der Waals surface area contributed by atoms with Crippen molar-refractivity contribution in [3.63, 3.8) is 0 Å². The van der Waals surface area contributed by atoms with E-state index >= 15 is 0 Å². The van der Waals surface area contributed by atoms with E-state index in [0.29, 0.717) is 16.5 Å². The minimum atomic E-state index is -4.88. The molecule has 0 unspecified atom stereocenters. The van der Waals surface area contributed by atoms with Crippen molar-refractivity contribution in [3.05, 3.63) is 41.1 Å². The number of aliphatic hydroxyl groups excluding tert-OH is 1. The first kappa shape index (κ1) is 22.5. The summed E-state index contributed by atoms with van der Waals surface area (Å²) in [5.41, 5.74) is -1.65. The SMILES string of the molecule is CC(CN(CC(F)(F)F)c1ccc(C#N)c(C(F)(F)F)c1)=N/C=C(\C)CO. The second-order valence-corrected chi connectivity index (χ2v) is 5.81. The van der Waals surface area contributed by atoms with E-state index in [-0.39, 0.29) is 18.0 Å². The summed E-state index contributed by atoms with van der Waals surface area (Å²) in [5, 5.41) is 17.7. The number of benzene rings is 1. The number of aliphatic hydroxyl groups is 1. The molecule has 0 saturated heterocycles. The van der Waals surface area contributed by atoms with Crippen molar-refractivity contribution in [1.29, 1.82) is 5.26 Å². The van der Waals surface area contributed by atoms with Gasteiger partial charge < -0.3 is 10.0 Å². The fourth-order valence-electron chi connectivity index (χ4n) is 2.09. The first-order valence-corrected chi connectivity index (χ1v) is 7.60. The molecule has 0 amide bonds. The van der Waals surface area contributed by atoms with E-state index in [2.05, 4.69) is 4.99 Å². The van der Waals surface area contributed by atoms with Crippen molar-refractivity contribution < 1.29 is 31.4 Å². The molecule has 27 heavy (non-hydrogen) atoms. The normalized spacial score (nSPS) is 13.5. The zero-order chi connectivity index (χ0) is 20.8. The van der Waals surface area contributed by atoms with Crippen molar-refractivity contribution in [2.45, 2.75) is 26.2 Å². The van der Waals surface area contributed by atoms with E-state index in [4.69, 9.17) is 10.4 Å². The maximum Gasteiger partial charge on any atom is 0.417 e. The second kappa shape index (κ2) is 8.90. The summed E-state index contributed by atoms with van der Waals surface area (Å²) in [4.78, 5) is 4.60. The Morgan fingerprint density at radius 2 is 1.85 bits per heavy atom. The molecule has 148 valence electrons. The summed E-state index contributed by atoms with van der Waals surface area (Å²) in [6.07, 6.45) is -8.28. The Bertz CT molecular complexity index is 759. The van der Waals surface area contributed by atoms with Gasteiger partial charge in [-0.2, -0.15) is 31.6 Å². The van der Waals surface area contributed by atoms with Crippen molar-refractivity contribution >= 4 is 11.4 Å². The molecule has 4 nitrogen and oxygen atoms in total. The van der Waals surface area contributed by atoms with Crippen LogP contribution >= 0.6 is 0 Å². The van der Waals surface area contributed by atoms with Gasteiger partial charge in [-0.15, -0.1) is 0 Å². The molecule has 0 bridgehead atoms. The third kappa shape index (κ3) is 7.30. The quantitative estimate of drug-likeness (QED) is 0.579. The number of anilines is 1. The van der Waals surface area contributed by atoms with Gasteiger partial charge in [0.1, 0.15) is 6.54 Å². The van der Waals surface area contributed by atoms with Crippen LogP contribution in [-0.2, 0) is 6.18 Å². The lowest BCUT2D eigenvalue weighted by molar-refractivity contribution is -0.137. The first-order valence-electron chi connectivity index (χ1n) is 7.60. The predicted molar refractivity (Wildman–Crippen MR) is 88.4 cm³/mol. The lowest BCUT2D eigenvalue weighted by Gasteiger charge is -2.26. The molecule has 0 aliphatic carbocycles. The molecule has 0 fully saturated rings. The van der Waals surface area contributed by atoms with E-state index in [0.717, 1.165) is 12.1 Å². The van der Waals surface area contributed by atoms with Gasteiger partial charge in [-0.1, -0.05) is 0 Å². The highest BCUT2D eigenvalue weighted by molar-refractivity contribution is 5.87. The molecule has 0 heterocycles. The monoisotopic (exact) mass is 393 g/mol. The average Bonchev–Trinajstić information content (AvgIpc) is 2.56. The molecule has 0 atom stereocenters. The van der Waals surface area contributed by atoms with Crippen molar-refractivity contribution in [2.24, 2.45) is 4.99 Å². The Labute approximate surface area is 152 Å². The van der Waals surface area contributed by atoms with Gasteiger partial charge in [0.05, 0.1) is 30.3 Å². The zero-order valence-corrected chi connectivity index (χ0v) is 14.5. The molecular formula is C17H17F6N3O. The topological polar surface area (TPSA) is 59.6 Å². The van der Waals surface area contributed by atoms with Crippen LogP contribution in [0, 0.1) is 11.3 Å². The second-order valence-electron chi connectivity index (χ2n) is 5.81. The lowest BCUT2D eigenvalue weighted by atomic mass is 10.1. The van der Waals surface area contributed by atoms with Crippen molar-refractivity contribution in [1.82, 2.24) is 0 Å². The molecule has 0 aliphatic heterocycles. The molecule has 0 spiro atoms. The molecule has 0 radical (unpaired) electrons. The largest absolute Gasteiger partial charge is 0.417 e. The van der Waals surface area contributed by atoms with Crippen LogP contribution in [0.4, 0.5) is 32.0 Å². The maximum atomic E-state index is 13.1. The number of hydrogen-bond acceptors (Lipinski definition) is 4. The van der Waals surface area contributed by atoms with Gasteiger partial charge in [0.2, 0.25) is 0 Å². The smallest absolute Gasteiger partial charge is 0.392 e. The Balaban J connectivity index is 3.31. The Kier molecular flexibility index (Phi) is 7.42. The van der Waals surface area contributed by atoms with Crippen LogP contribution in [0.2, 0.25) is 0 Å². The minimum Gasteiger partial charge on any atom is -0.392 e. The highest BCUT2D eigenvalue weighted by Crippen LogP contribution is 2.35. The summed E-state index contributed by atoms with van der Waals surface area (Å²) in [6.45, 7) is 0.802. The first-order chi connectivity index (χ1) is 12.4. The fraction of sp³-hybridized carbons (Fsp3) is 0.412. The van der Waals surface area contributed by atoms with E-state index in [1.165, 1.54) is 19.2 Å². The fourth-order valence-corrected chi connectivity index (χ4v) is 2.09. The third-order valence-corrected chi connectivity index (χ3v) is 3.34. The van der Waals surface area contributed by atoms with Gasteiger partial charge in [0.25, 0.3) is 0 Å². The Hall–Kier alpha value is -2.54. The Morgan fingerprint density at radius 3 is 2.33 bits per heavy atom. The summed E-state index contributed by atoms with van der Waals surface area (Å²) in [5.74, 6) is 0. The van der Waals surface area contributed by atoms with Crippen LogP contribution in [0.1, 0.15) is 25.0 Å². The van der Waals surface area contributed by atoms with Crippen LogP contribution in [0.25, 0.3) is 0 Å². The molecule has 1 N–H and O–H groups in total. The van der Waals surface area contributed by atoms with Crippen molar-refractivity contribution in [3.8, 4) is 6.07 Å². The number of nitrogens with zero attached hydrogens (tertiary/aromatic N) is 3. The van der Waals surface area contributed by atoms with Crippen LogP contribution in [-0.4, -0.2) is 36.7 Å². The van der Waals surface area contributed by atoms with Gasteiger partial charge in [-0.25, -0.2) is 0 Å². The zero-order valence-electron chi connectivity index (χ0n) is 14.5. The van der Waals surface area contributed by atoms with E-state index < -0.39 is 36.6 Å². The van der Waals surface area contributed by atoms with Crippen LogP contribution < -0.4 is 4.90 Å². The van der Waals surface area contributed by atoms with Crippen LogP contribution in [0.5, 0.6) is 0 Å². The summed E-state index contributed by atoms with van der Waals surface area (Å²) in [7, 11) is 0. The van der Waals surface area contributed by atoms with E-state index in [9.17, 15) is 26.3 Å². The van der Waals surface area contributed by atoms with Crippen LogP contribution in [0.15, 0.2) is 35.0 Å². The molecule has 0 aliphatic rings. The average molecular weight is 393 g/mol. The molecule has 1 aromatic carbocycles. The number of aliphatic imine (C=N–C) groups is 1. The number of alkyl halides is 6. The predicted octanol–water partition coefficient (Wildman–Crippen LogP) is 4.30. The lowest BCUT2D eigenvalue weighted by Crippen LogP contribution is -2.37. The van der Waals surface area contributed by atoms with E-state index in [1.807, 2.05) is 0 Å². The van der Waals surface area contributed by atoms with Crippen LogP contribution in [0.3, 0.4) is 0 Å². The molecule has 0 aromatic heterocycles. The summed E-state index contributed by atoms with van der Waals surface area (Å²) < 4.78 is 77.9. The molecule has 1 rings (SSSR count). The Morgan fingerprint density at radius 1 is 1.22 bits per heavy atom. The number of halogens is 6. The molecule has 1 aromatic rings. The van der Waals surface area contributed by atoms with Gasteiger partial charge in [-0.3, -0.25) is 4.99 Å². The number of rotatable bonds is 6. The standard InChI is InChI=1S/C17H17F6N3O/c1-11(9-27)7-25-12(2)8-26(10-16(18,19)20)14-4-3-13(6-24)15(5-14)17(21,22)23/h3-5,7,27H,8-10H2,1-2H3/b11-7+,25-12?. The number of nitriles is 1. The highest BCUT2D eigenvalue weighted by atomic mass is 19.4. The van der Waals surface area contributed by atoms with E-state index in [1.54, 1.807) is 6.92 Å². The molecule has 10 heteroatoms. The van der Waals surface area contributed by atoms with Gasteiger partial charge >= 0.3 is 12.4 Å². The number of hydrogen-bond donors (Lipinski definition) is 1. The van der Waals surface area contributed by atoms with Crippen molar-refractivity contribution in [2.75, 3.05) is 24.6 Å². The molecule has 0 saturated carbocycles. The molecular weight excluding hydrogens is 376 g/mol. The summed E-state index contributed by atoms with van der Waals surface area (Å²) in [6, 6.07) is 3.77. The van der Waals surface area contributed by atoms with Gasteiger partial charge in [0, 0.05) is 17.6 Å². The summed E-state index contributed by atoms with van der Waals surface area (Å²) >= 11 is 0.